The van der Waals surface area contributed by atoms with Gasteiger partial charge in [-0.1, -0.05) is 34.1 Å². The maximum atomic E-state index is 12.3. The number of rotatable bonds is 8. The zero-order chi connectivity index (χ0) is 22.1. The number of esters is 1. The molecule has 3 rings (SSSR count). The minimum atomic E-state index is -0.491. The molecule has 0 aromatic heterocycles. The number of nitrogens with one attached hydrogen (secondary N) is 1. The number of methoxy groups -OCH3 is 1. The van der Waals surface area contributed by atoms with Crippen LogP contribution in [0.15, 0.2) is 82.4 Å². The van der Waals surface area contributed by atoms with Crippen LogP contribution in [0.3, 0.4) is 0 Å². The summed E-state index contributed by atoms with van der Waals surface area (Å²) < 4.78 is 16.7. The van der Waals surface area contributed by atoms with E-state index in [-0.39, 0.29) is 6.61 Å². The molecule has 0 saturated carbocycles. The van der Waals surface area contributed by atoms with Crippen molar-refractivity contribution in [3.8, 4) is 17.2 Å². The molecule has 0 fully saturated rings. The molecule has 0 heterocycles. The van der Waals surface area contributed by atoms with Crippen LogP contribution >= 0.6 is 15.9 Å². The zero-order valence-electron chi connectivity index (χ0n) is 16.6. The fourth-order valence-corrected chi connectivity index (χ4v) is 2.85. The molecule has 7 nitrogen and oxygen atoms in total. The van der Waals surface area contributed by atoms with E-state index < -0.39 is 11.9 Å². The van der Waals surface area contributed by atoms with Gasteiger partial charge in [-0.15, -0.1) is 0 Å². The lowest BCUT2D eigenvalue weighted by Crippen LogP contribution is -2.24. The van der Waals surface area contributed by atoms with Gasteiger partial charge < -0.3 is 14.2 Å². The average Bonchev–Trinajstić information content (AvgIpc) is 2.80. The average molecular weight is 483 g/mol. The van der Waals surface area contributed by atoms with Gasteiger partial charge in [0.25, 0.3) is 5.91 Å². The predicted molar refractivity (Wildman–Crippen MR) is 120 cm³/mol. The normalized spacial score (nSPS) is 10.5. The molecule has 158 valence electrons. The van der Waals surface area contributed by atoms with E-state index in [1.54, 1.807) is 73.8 Å². The zero-order valence-corrected chi connectivity index (χ0v) is 18.2. The van der Waals surface area contributed by atoms with Gasteiger partial charge in [0.1, 0.15) is 17.2 Å². The largest absolute Gasteiger partial charge is 0.497 e. The molecular formula is C23H19BrN2O5. The quantitative estimate of drug-likeness (QED) is 0.225. The van der Waals surface area contributed by atoms with Gasteiger partial charge in [-0.2, -0.15) is 5.10 Å². The minimum Gasteiger partial charge on any atom is -0.497 e. The standard InChI is InChI=1S/C23H19BrN2O5/c1-29-19-8-10-20(11-9-19)30-15-22(27)26-25-14-17-13-18(24)7-12-21(17)31-23(28)16-5-3-2-4-6-16/h2-14H,15H2,1H3,(H,26,27)/b25-14-. The summed E-state index contributed by atoms with van der Waals surface area (Å²) >= 11 is 3.37. The number of carbonyl (C=O) groups excluding carboxylic acids is 2. The molecule has 31 heavy (non-hydrogen) atoms. The smallest absolute Gasteiger partial charge is 0.343 e. The summed E-state index contributed by atoms with van der Waals surface area (Å²) in [6, 6.07) is 20.6. The van der Waals surface area contributed by atoms with E-state index in [0.717, 1.165) is 4.47 Å². The van der Waals surface area contributed by atoms with E-state index in [1.165, 1.54) is 6.21 Å². The Morgan fingerprint density at radius 1 is 1.00 bits per heavy atom. The second-order valence-corrected chi connectivity index (χ2v) is 7.11. The first-order valence-corrected chi connectivity index (χ1v) is 10.00. The Balaban J connectivity index is 1.58. The number of hydrogen-bond acceptors (Lipinski definition) is 6. The van der Waals surface area contributed by atoms with E-state index in [4.69, 9.17) is 14.2 Å². The summed E-state index contributed by atoms with van der Waals surface area (Å²) in [5, 5.41) is 3.93. The maximum Gasteiger partial charge on any atom is 0.343 e. The van der Waals surface area contributed by atoms with Gasteiger partial charge in [-0.05, 0) is 54.6 Å². The highest BCUT2D eigenvalue weighted by Crippen LogP contribution is 2.23. The third-order valence-electron chi connectivity index (χ3n) is 4.01. The Hall–Kier alpha value is -3.65. The van der Waals surface area contributed by atoms with Gasteiger partial charge >= 0.3 is 5.97 Å². The number of ether oxygens (including phenoxy) is 3. The number of nitrogens with zero attached hydrogens (tertiary/aromatic N) is 1. The molecular weight excluding hydrogens is 464 g/mol. The monoisotopic (exact) mass is 482 g/mol. The molecule has 0 radical (unpaired) electrons. The van der Waals surface area contributed by atoms with Crippen LogP contribution in [0.5, 0.6) is 17.2 Å². The second-order valence-electron chi connectivity index (χ2n) is 6.20. The molecule has 8 heteroatoms. The van der Waals surface area contributed by atoms with Crippen LogP contribution < -0.4 is 19.6 Å². The Kier molecular flexibility index (Phi) is 7.78. The molecule has 0 bridgehead atoms. The molecule has 0 aliphatic rings. The highest BCUT2D eigenvalue weighted by molar-refractivity contribution is 9.10. The van der Waals surface area contributed by atoms with Gasteiger partial charge in [0.2, 0.25) is 0 Å². The van der Waals surface area contributed by atoms with Crippen molar-refractivity contribution < 1.29 is 23.8 Å². The summed E-state index contributed by atoms with van der Waals surface area (Å²) in [5.41, 5.74) is 3.32. The lowest BCUT2D eigenvalue weighted by molar-refractivity contribution is -0.123. The number of halogens is 1. The van der Waals surface area contributed by atoms with Gasteiger partial charge in [0.15, 0.2) is 6.61 Å². The Labute approximate surface area is 187 Å². The van der Waals surface area contributed by atoms with Crippen LogP contribution in [0, 0.1) is 0 Å². The van der Waals surface area contributed by atoms with Gasteiger partial charge in [-0.3, -0.25) is 4.79 Å². The Morgan fingerprint density at radius 2 is 1.71 bits per heavy atom. The fraction of sp³-hybridized carbons (Fsp3) is 0.0870. The highest BCUT2D eigenvalue weighted by atomic mass is 79.9. The molecule has 1 amide bonds. The van der Waals surface area contributed by atoms with E-state index >= 15 is 0 Å². The molecule has 1 N–H and O–H groups in total. The topological polar surface area (TPSA) is 86.2 Å². The number of amides is 1. The first kappa shape index (κ1) is 22.0. The lowest BCUT2D eigenvalue weighted by atomic mass is 10.2. The van der Waals surface area contributed by atoms with Crippen molar-refractivity contribution >= 4 is 34.0 Å². The third-order valence-corrected chi connectivity index (χ3v) is 4.50. The van der Waals surface area contributed by atoms with Crippen molar-refractivity contribution in [3.63, 3.8) is 0 Å². The third kappa shape index (κ3) is 6.68. The van der Waals surface area contributed by atoms with Crippen LogP contribution in [-0.4, -0.2) is 31.8 Å². The van der Waals surface area contributed by atoms with Crippen LogP contribution in [0.25, 0.3) is 0 Å². The van der Waals surface area contributed by atoms with Gasteiger partial charge in [-0.25, -0.2) is 10.2 Å². The summed E-state index contributed by atoms with van der Waals surface area (Å²) in [4.78, 5) is 24.3. The molecule has 0 aliphatic heterocycles. The van der Waals surface area contributed by atoms with Crippen molar-refractivity contribution in [2.75, 3.05) is 13.7 Å². The van der Waals surface area contributed by atoms with Crippen molar-refractivity contribution in [2.45, 2.75) is 0 Å². The number of benzene rings is 3. The SMILES string of the molecule is COc1ccc(OCC(=O)N/N=C\c2cc(Br)ccc2OC(=O)c2ccccc2)cc1. The van der Waals surface area contributed by atoms with Crippen LogP contribution in [0.1, 0.15) is 15.9 Å². The highest BCUT2D eigenvalue weighted by Gasteiger charge is 2.11. The molecule has 0 unspecified atom stereocenters. The van der Waals surface area contributed by atoms with Crippen molar-refractivity contribution in [1.82, 2.24) is 5.43 Å². The second kappa shape index (κ2) is 10.9. The van der Waals surface area contributed by atoms with Gasteiger partial charge in [0, 0.05) is 10.0 Å². The summed E-state index contributed by atoms with van der Waals surface area (Å²) in [6.45, 7) is -0.210. The Morgan fingerprint density at radius 3 is 2.42 bits per heavy atom. The van der Waals surface area contributed by atoms with Crippen LogP contribution in [0.4, 0.5) is 0 Å². The molecule has 3 aromatic rings. The van der Waals surface area contributed by atoms with Crippen LogP contribution in [-0.2, 0) is 4.79 Å². The van der Waals surface area contributed by atoms with Crippen LogP contribution in [0.2, 0.25) is 0 Å². The molecule has 0 aliphatic carbocycles. The molecule has 0 spiro atoms. The molecule has 0 atom stereocenters. The number of carbonyl (C=O) groups is 2. The maximum absolute atomic E-state index is 12.3. The van der Waals surface area contributed by atoms with E-state index in [2.05, 4.69) is 26.5 Å². The van der Waals surface area contributed by atoms with Gasteiger partial charge in [0.05, 0.1) is 18.9 Å². The number of hydrogen-bond donors (Lipinski definition) is 1. The van der Waals surface area contributed by atoms with E-state index in [0.29, 0.717) is 28.4 Å². The fourth-order valence-electron chi connectivity index (χ4n) is 2.47. The van der Waals surface area contributed by atoms with Crippen molar-refractivity contribution in [3.05, 3.63) is 88.4 Å². The molecule has 3 aromatic carbocycles. The Bertz CT molecular complexity index is 1070. The molecule has 0 saturated heterocycles. The van der Waals surface area contributed by atoms with E-state index in [9.17, 15) is 9.59 Å². The summed E-state index contributed by atoms with van der Waals surface area (Å²) in [5.74, 6) is 0.602. The first-order valence-electron chi connectivity index (χ1n) is 9.20. The predicted octanol–water partition coefficient (Wildman–Crippen LogP) is 4.21. The summed E-state index contributed by atoms with van der Waals surface area (Å²) in [6.07, 6.45) is 1.39. The van der Waals surface area contributed by atoms with Crippen molar-refractivity contribution in [2.24, 2.45) is 5.10 Å². The minimum absolute atomic E-state index is 0.210. The van der Waals surface area contributed by atoms with Crippen molar-refractivity contribution in [1.29, 1.82) is 0 Å². The lowest BCUT2D eigenvalue weighted by Gasteiger charge is -2.08. The first-order chi connectivity index (χ1) is 15.0. The van der Waals surface area contributed by atoms with E-state index in [1.807, 2.05) is 6.07 Å². The number of hydrazone groups is 1. The summed E-state index contributed by atoms with van der Waals surface area (Å²) in [7, 11) is 1.57.